The molecule has 2 rings (SSSR count). The number of carbonyl (C=O) groups is 2. The molecular weight excluding hydrogens is 462 g/mol. The quantitative estimate of drug-likeness (QED) is 0.396. The van der Waals surface area contributed by atoms with E-state index in [9.17, 15) is 4.79 Å². The average molecular weight is 520 g/mol. The molecule has 0 spiro atoms. The third-order valence-corrected chi connectivity index (χ3v) is 5.39. The molecule has 0 saturated heterocycles. The van der Waals surface area contributed by atoms with Gasteiger partial charge in [0.05, 0.1) is 0 Å². The zero-order valence-corrected chi connectivity index (χ0v) is 26.5. The summed E-state index contributed by atoms with van der Waals surface area (Å²) in [6.45, 7) is 28.0. The highest BCUT2D eigenvalue weighted by molar-refractivity contribution is 5.94. The number of hydrogen-bond acceptors (Lipinski definition) is 6. The Balaban J connectivity index is -0.000000234. The molecule has 0 unspecified atom stereocenters. The Morgan fingerprint density at radius 1 is 0.973 bits per heavy atom. The summed E-state index contributed by atoms with van der Waals surface area (Å²) in [5, 5.41) is 7.00. The lowest BCUT2D eigenvalue weighted by molar-refractivity contribution is -0.0980. The first kappa shape index (κ1) is 41.5. The fourth-order valence-electron chi connectivity index (χ4n) is 3.01. The second-order valence-corrected chi connectivity index (χ2v) is 9.06. The zero-order valence-electron chi connectivity index (χ0n) is 26.5. The van der Waals surface area contributed by atoms with E-state index in [0.717, 1.165) is 37.2 Å². The second kappa shape index (κ2) is 25.1. The van der Waals surface area contributed by atoms with Crippen LogP contribution in [0.5, 0.6) is 0 Å². The minimum Gasteiger partial charge on any atom is -0.400 e. The van der Waals surface area contributed by atoms with Crippen LogP contribution in [0.15, 0.2) is 24.5 Å². The van der Waals surface area contributed by atoms with Crippen LogP contribution < -0.4 is 4.90 Å². The van der Waals surface area contributed by atoms with Crippen molar-refractivity contribution in [2.24, 2.45) is 5.41 Å². The van der Waals surface area contributed by atoms with Crippen LogP contribution in [0.3, 0.4) is 0 Å². The number of ketones is 1. The molecule has 0 saturated carbocycles. The minimum absolute atomic E-state index is 0.133. The number of aromatic nitrogens is 2. The van der Waals surface area contributed by atoms with Crippen molar-refractivity contribution >= 4 is 18.4 Å². The van der Waals surface area contributed by atoms with Crippen molar-refractivity contribution in [1.29, 1.82) is 0 Å². The predicted octanol–water partition coefficient (Wildman–Crippen LogP) is 7.59. The van der Waals surface area contributed by atoms with Gasteiger partial charge in [-0.1, -0.05) is 73.9 Å². The number of aliphatic hydroxyl groups is 1. The number of nitrogens with zero attached hydrogens (tertiary/aromatic N) is 3. The first-order chi connectivity index (χ1) is 17.4. The van der Waals surface area contributed by atoms with E-state index in [1.165, 1.54) is 29.5 Å². The first-order valence-electron chi connectivity index (χ1n) is 13.3. The standard InChI is InChI=1S/C14H25N3.C10H12O.C3H8.C2H6.CH4O.CH2O/c1-7-12-11(3)13(16-10-15-12)17(6)9-14(4,5)8-2;1-7-4-5-10(9(3)11)6-8(7)2;1-3-2;3*1-2/h10H,7-9H2,1-6H3;4-6H,1-3H3;3H2,1-2H3;1-2H3;2H,1H3;1H2. The Morgan fingerprint density at radius 3 is 1.84 bits per heavy atom. The summed E-state index contributed by atoms with van der Waals surface area (Å²) in [4.78, 5) is 29.9. The van der Waals surface area contributed by atoms with E-state index in [1.54, 1.807) is 13.3 Å². The van der Waals surface area contributed by atoms with Crippen molar-refractivity contribution in [2.75, 3.05) is 25.6 Å². The number of hydrogen-bond donors (Lipinski definition) is 1. The molecule has 6 heteroatoms. The number of benzene rings is 1. The number of carbonyl (C=O) groups excluding carboxylic acids is 2. The first-order valence-corrected chi connectivity index (χ1v) is 13.3. The third kappa shape index (κ3) is 18.3. The van der Waals surface area contributed by atoms with Gasteiger partial charge in [0.15, 0.2) is 5.78 Å². The molecule has 37 heavy (non-hydrogen) atoms. The van der Waals surface area contributed by atoms with Crippen LogP contribution in [-0.4, -0.2) is 48.3 Å². The van der Waals surface area contributed by atoms with Crippen molar-refractivity contribution in [3.63, 3.8) is 0 Å². The van der Waals surface area contributed by atoms with Crippen molar-refractivity contribution in [2.45, 2.75) is 102 Å². The molecule has 0 atom stereocenters. The molecule has 6 nitrogen and oxygen atoms in total. The molecule has 0 aliphatic carbocycles. The highest BCUT2D eigenvalue weighted by Crippen LogP contribution is 2.25. The van der Waals surface area contributed by atoms with Crippen molar-refractivity contribution in [3.8, 4) is 0 Å². The van der Waals surface area contributed by atoms with Crippen molar-refractivity contribution in [1.82, 2.24) is 9.97 Å². The van der Waals surface area contributed by atoms with Gasteiger partial charge in [0.1, 0.15) is 18.9 Å². The van der Waals surface area contributed by atoms with Gasteiger partial charge in [0.25, 0.3) is 0 Å². The van der Waals surface area contributed by atoms with E-state index in [-0.39, 0.29) is 5.78 Å². The molecule has 1 N–H and O–H groups in total. The Kier molecular flexibility index (Phi) is 28.1. The van der Waals surface area contributed by atoms with E-state index < -0.39 is 0 Å². The minimum atomic E-state index is 0.133. The van der Waals surface area contributed by atoms with Crippen LogP contribution in [0, 0.1) is 26.2 Å². The van der Waals surface area contributed by atoms with Crippen LogP contribution in [0.4, 0.5) is 5.82 Å². The van der Waals surface area contributed by atoms with Gasteiger partial charge in [0, 0.05) is 37.5 Å². The zero-order chi connectivity index (χ0) is 30.2. The number of rotatable bonds is 6. The molecule has 0 aliphatic heterocycles. The largest absolute Gasteiger partial charge is 0.400 e. The van der Waals surface area contributed by atoms with Gasteiger partial charge >= 0.3 is 0 Å². The van der Waals surface area contributed by atoms with Gasteiger partial charge < -0.3 is 14.8 Å². The molecule has 1 aromatic heterocycles. The smallest absolute Gasteiger partial charge is 0.159 e. The van der Waals surface area contributed by atoms with Crippen LogP contribution in [-0.2, 0) is 11.2 Å². The molecule has 2 aromatic rings. The fraction of sp³-hybridized carbons (Fsp3) is 0.613. The molecule has 0 radical (unpaired) electrons. The highest BCUT2D eigenvalue weighted by atomic mass is 16.2. The predicted molar refractivity (Wildman–Crippen MR) is 162 cm³/mol. The summed E-state index contributed by atoms with van der Waals surface area (Å²) in [5.74, 6) is 1.20. The van der Waals surface area contributed by atoms with E-state index in [2.05, 4.69) is 70.4 Å². The fourth-order valence-corrected chi connectivity index (χ4v) is 3.01. The molecule has 0 bridgehead atoms. The Hall–Kier alpha value is -2.60. The summed E-state index contributed by atoms with van der Waals surface area (Å²) in [6.07, 6.45) is 5.06. The molecule has 1 aromatic carbocycles. The number of aliphatic hydroxyl groups excluding tert-OH is 1. The highest BCUT2D eigenvalue weighted by Gasteiger charge is 2.20. The Bertz CT molecular complexity index is 836. The van der Waals surface area contributed by atoms with Crippen molar-refractivity contribution in [3.05, 3.63) is 52.5 Å². The van der Waals surface area contributed by atoms with E-state index in [4.69, 9.17) is 9.90 Å². The van der Waals surface area contributed by atoms with Crippen molar-refractivity contribution < 1.29 is 14.7 Å². The summed E-state index contributed by atoms with van der Waals surface area (Å²) in [6, 6.07) is 5.77. The lowest BCUT2D eigenvalue weighted by Gasteiger charge is -2.30. The van der Waals surface area contributed by atoms with Crippen LogP contribution in [0.2, 0.25) is 0 Å². The molecule has 0 fully saturated rings. The van der Waals surface area contributed by atoms with E-state index >= 15 is 0 Å². The maximum absolute atomic E-state index is 10.9. The summed E-state index contributed by atoms with van der Waals surface area (Å²) >= 11 is 0. The Morgan fingerprint density at radius 2 is 1.46 bits per heavy atom. The molecule has 214 valence electrons. The van der Waals surface area contributed by atoms with Gasteiger partial charge in [-0.15, -0.1) is 0 Å². The number of anilines is 1. The summed E-state index contributed by atoms with van der Waals surface area (Å²) in [7, 11) is 3.12. The SMILES string of the molecule is C=O.CC.CC(=O)c1ccc(C)c(C)c1.CCC.CCc1ncnc(N(C)CC(C)(C)CC)c1C.CO. The maximum Gasteiger partial charge on any atom is 0.159 e. The van der Waals surface area contributed by atoms with Gasteiger partial charge in [-0.3, -0.25) is 4.79 Å². The van der Waals surface area contributed by atoms with E-state index in [0.29, 0.717) is 5.41 Å². The summed E-state index contributed by atoms with van der Waals surface area (Å²) in [5.41, 5.74) is 5.89. The van der Waals surface area contributed by atoms with Crippen LogP contribution in [0.25, 0.3) is 0 Å². The third-order valence-electron chi connectivity index (χ3n) is 5.39. The van der Waals surface area contributed by atoms with Gasteiger partial charge in [-0.2, -0.15) is 0 Å². The second-order valence-electron chi connectivity index (χ2n) is 9.06. The van der Waals surface area contributed by atoms with Gasteiger partial charge in [0.2, 0.25) is 0 Å². The maximum atomic E-state index is 10.9. The average Bonchev–Trinajstić information content (AvgIpc) is 2.90. The van der Waals surface area contributed by atoms with Gasteiger partial charge in [-0.05, 0) is 63.1 Å². The van der Waals surface area contributed by atoms with Crippen LogP contribution in [0.1, 0.15) is 108 Å². The lowest BCUT2D eigenvalue weighted by atomic mass is 9.90. The Labute approximate surface area is 228 Å². The van der Waals surface area contributed by atoms with Gasteiger partial charge in [-0.25, -0.2) is 9.97 Å². The van der Waals surface area contributed by atoms with E-state index in [1.807, 2.05) is 52.7 Å². The molecule has 0 amide bonds. The number of Topliss-reactive ketones (excluding diaryl/α,β-unsaturated/α-hetero) is 1. The number of aryl methyl sites for hydroxylation is 3. The topological polar surface area (TPSA) is 83.4 Å². The van der Waals surface area contributed by atoms with Crippen LogP contribution >= 0.6 is 0 Å². The summed E-state index contributed by atoms with van der Waals surface area (Å²) < 4.78 is 0. The molecule has 1 heterocycles. The lowest BCUT2D eigenvalue weighted by Crippen LogP contribution is -2.32. The molecular formula is C31H57N3O3. The normalized spacial score (nSPS) is 9.16. The monoisotopic (exact) mass is 519 g/mol. The molecule has 0 aliphatic rings.